The van der Waals surface area contributed by atoms with E-state index in [9.17, 15) is 9.59 Å². The van der Waals surface area contributed by atoms with Crippen LogP contribution in [0.15, 0.2) is 34.2 Å². The zero-order valence-electron chi connectivity index (χ0n) is 17.4. The smallest absolute Gasteiger partial charge is 0.260 e. The van der Waals surface area contributed by atoms with Gasteiger partial charge in [0.1, 0.15) is 16.5 Å². The van der Waals surface area contributed by atoms with Gasteiger partial charge in [0.15, 0.2) is 5.16 Å². The molecule has 0 unspecified atom stereocenters. The number of aromatic nitrogens is 5. The normalized spacial score (nSPS) is 11.3. The molecule has 10 heteroatoms. The molecule has 0 aliphatic heterocycles. The van der Waals surface area contributed by atoms with Gasteiger partial charge in [-0.1, -0.05) is 41.6 Å². The van der Waals surface area contributed by atoms with E-state index in [0.717, 1.165) is 20.8 Å². The van der Waals surface area contributed by atoms with Gasteiger partial charge in [0.2, 0.25) is 5.91 Å². The molecule has 1 amide bonds. The lowest BCUT2D eigenvalue weighted by Gasteiger charge is -2.04. The molecule has 160 valence electrons. The van der Waals surface area contributed by atoms with E-state index in [1.807, 2.05) is 49.7 Å². The highest BCUT2D eigenvalue weighted by atomic mass is 32.2. The minimum Gasteiger partial charge on any atom is -0.370 e. The van der Waals surface area contributed by atoms with E-state index < -0.39 is 0 Å². The molecule has 1 aromatic carbocycles. The Kier molecular flexibility index (Phi) is 5.92. The summed E-state index contributed by atoms with van der Waals surface area (Å²) in [7, 11) is 1.84. The molecule has 0 atom stereocenters. The number of primary amides is 1. The van der Waals surface area contributed by atoms with Crippen molar-refractivity contribution in [1.29, 1.82) is 0 Å². The molecule has 0 aliphatic rings. The fraction of sp³-hybridized carbons (Fsp3) is 0.286. The average molecular weight is 455 g/mol. The Balaban J connectivity index is 1.59. The maximum atomic E-state index is 12.9. The Morgan fingerprint density at radius 3 is 2.68 bits per heavy atom. The molecule has 3 heterocycles. The minimum atomic E-state index is -0.372. The van der Waals surface area contributed by atoms with Crippen LogP contribution in [0.2, 0.25) is 0 Å². The molecule has 0 bridgehead atoms. The monoisotopic (exact) mass is 454 g/mol. The Morgan fingerprint density at radius 2 is 1.97 bits per heavy atom. The molecule has 0 spiro atoms. The molecule has 31 heavy (non-hydrogen) atoms. The van der Waals surface area contributed by atoms with Gasteiger partial charge < -0.3 is 15.3 Å². The summed E-state index contributed by atoms with van der Waals surface area (Å²) in [6.07, 6.45) is 0.667. The van der Waals surface area contributed by atoms with Crippen molar-refractivity contribution >= 4 is 39.2 Å². The van der Waals surface area contributed by atoms with Crippen LogP contribution in [0.1, 0.15) is 28.5 Å². The van der Waals surface area contributed by atoms with Crippen LogP contribution in [0.4, 0.5) is 0 Å². The first-order valence-corrected chi connectivity index (χ1v) is 11.5. The van der Waals surface area contributed by atoms with Crippen molar-refractivity contribution in [1.82, 2.24) is 24.7 Å². The van der Waals surface area contributed by atoms with E-state index >= 15 is 0 Å². The van der Waals surface area contributed by atoms with Crippen LogP contribution in [0, 0.1) is 13.8 Å². The number of nitrogens with two attached hydrogens (primary N) is 1. The van der Waals surface area contributed by atoms with Crippen molar-refractivity contribution in [2.75, 3.05) is 0 Å². The number of nitrogens with one attached hydrogen (secondary N) is 1. The maximum absolute atomic E-state index is 12.9. The Bertz CT molecular complexity index is 1320. The zero-order valence-corrected chi connectivity index (χ0v) is 19.1. The summed E-state index contributed by atoms with van der Waals surface area (Å²) in [5.74, 6) is 1.35. The molecule has 4 rings (SSSR count). The topological polar surface area (TPSA) is 120 Å². The number of aromatic amines is 1. The predicted molar refractivity (Wildman–Crippen MR) is 123 cm³/mol. The third-order valence-electron chi connectivity index (χ3n) is 4.99. The molecule has 0 radical (unpaired) electrons. The standard InChI is InChI=1S/C21H22N6O2S2/c1-11-4-6-13(7-5-11)17-12(2)31-20-18(17)19(29)23-15(24-20)10-30-21-26-25-16(27(21)3)9-8-14(22)28/h4-7H,8-10H2,1-3H3,(H2,22,28)(H,23,24,29). The lowest BCUT2D eigenvalue weighted by Crippen LogP contribution is -2.13. The summed E-state index contributed by atoms with van der Waals surface area (Å²) in [6.45, 7) is 4.06. The van der Waals surface area contributed by atoms with Gasteiger partial charge in [-0.05, 0) is 19.4 Å². The summed E-state index contributed by atoms with van der Waals surface area (Å²) in [5, 5.41) is 9.60. The van der Waals surface area contributed by atoms with Gasteiger partial charge in [0.05, 0.1) is 11.1 Å². The van der Waals surface area contributed by atoms with Gasteiger partial charge in [-0.3, -0.25) is 9.59 Å². The lowest BCUT2D eigenvalue weighted by molar-refractivity contribution is -0.118. The van der Waals surface area contributed by atoms with Crippen molar-refractivity contribution in [3.63, 3.8) is 0 Å². The van der Waals surface area contributed by atoms with Crippen LogP contribution in [0.3, 0.4) is 0 Å². The van der Waals surface area contributed by atoms with Crippen molar-refractivity contribution in [3.8, 4) is 11.1 Å². The fourth-order valence-electron chi connectivity index (χ4n) is 3.36. The third kappa shape index (κ3) is 4.40. The highest BCUT2D eigenvalue weighted by Crippen LogP contribution is 2.35. The van der Waals surface area contributed by atoms with Crippen LogP contribution in [0.5, 0.6) is 0 Å². The van der Waals surface area contributed by atoms with E-state index in [0.29, 0.717) is 34.4 Å². The molecule has 4 aromatic rings. The third-order valence-corrected chi connectivity index (χ3v) is 7.02. The van der Waals surface area contributed by atoms with Crippen LogP contribution in [-0.4, -0.2) is 30.6 Å². The number of hydrogen-bond donors (Lipinski definition) is 2. The molecule has 3 N–H and O–H groups in total. The van der Waals surface area contributed by atoms with Gasteiger partial charge in [-0.25, -0.2) is 4.98 Å². The number of hydrogen-bond acceptors (Lipinski definition) is 7. The van der Waals surface area contributed by atoms with E-state index in [1.165, 1.54) is 28.7 Å². The first kappa shape index (κ1) is 21.3. The molecule has 0 saturated carbocycles. The van der Waals surface area contributed by atoms with Gasteiger partial charge >= 0.3 is 0 Å². The van der Waals surface area contributed by atoms with Crippen LogP contribution in [0.25, 0.3) is 21.3 Å². The van der Waals surface area contributed by atoms with Gasteiger partial charge in [0, 0.05) is 30.3 Å². The van der Waals surface area contributed by atoms with Gasteiger partial charge in [-0.2, -0.15) is 0 Å². The van der Waals surface area contributed by atoms with Crippen LogP contribution >= 0.6 is 23.1 Å². The highest BCUT2D eigenvalue weighted by molar-refractivity contribution is 7.98. The number of fused-ring (bicyclic) bond motifs is 1. The number of benzene rings is 1. The minimum absolute atomic E-state index is 0.138. The Morgan fingerprint density at radius 1 is 1.23 bits per heavy atom. The second-order valence-electron chi connectivity index (χ2n) is 7.30. The average Bonchev–Trinajstić information content (AvgIpc) is 3.24. The number of nitrogens with zero attached hydrogens (tertiary/aromatic N) is 4. The number of H-pyrrole nitrogens is 1. The number of thiophene rings is 1. The summed E-state index contributed by atoms with van der Waals surface area (Å²) in [5.41, 5.74) is 8.21. The Hall–Kier alpha value is -2.98. The van der Waals surface area contributed by atoms with E-state index in [4.69, 9.17) is 10.7 Å². The van der Waals surface area contributed by atoms with Crippen molar-refractivity contribution in [2.45, 2.75) is 37.6 Å². The molecular formula is C21H22N6O2S2. The maximum Gasteiger partial charge on any atom is 0.260 e. The molecule has 3 aromatic heterocycles. The second kappa shape index (κ2) is 8.64. The summed E-state index contributed by atoms with van der Waals surface area (Å²) >= 11 is 2.95. The number of aryl methyl sites for hydroxylation is 3. The zero-order chi connectivity index (χ0) is 22.1. The highest BCUT2D eigenvalue weighted by Gasteiger charge is 2.17. The molecule has 0 saturated heterocycles. The van der Waals surface area contributed by atoms with Gasteiger partial charge in [-0.15, -0.1) is 21.5 Å². The molecular weight excluding hydrogens is 432 g/mol. The Labute approximate surface area is 186 Å². The SMILES string of the molecule is Cc1ccc(-c2c(C)sc3nc(CSc4nnc(CCC(N)=O)n4C)[nH]c(=O)c23)cc1. The predicted octanol–water partition coefficient (Wildman–Crippen LogP) is 3.11. The number of carbonyl (C=O) groups excluding carboxylic acids is 1. The number of amides is 1. The molecule has 8 nitrogen and oxygen atoms in total. The summed E-state index contributed by atoms with van der Waals surface area (Å²) < 4.78 is 1.83. The van der Waals surface area contributed by atoms with E-state index in [1.54, 1.807) is 0 Å². The van der Waals surface area contributed by atoms with Gasteiger partial charge in [0.25, 0.3) is 5.56 Å². The lowest BCUT2D eigenvalue weighted by atomic mass is 10.0. The second-order valence-corrected chi connectivity index (χ2v) is 9.45. The first-order chi connectivity index (χ1) is 14.8. The van der Waals surface area contributed by atoms with Crippen LogP contribution < -0.4 is 11.3 Å². The largest absolute Gasteiger partial charge is 0.370 e. The molecule has 0 fully saturated rings. The number of thioether (sulfide) groups is 1. The number of carbonyl (C=O) groups is 1. The van der Waals surface area contributed by atoms with Crippen molar-refractivity contribution < 1.29 is 4.79 Å². The van der Waals surface area contributed by atoms with E-state index in [2.05, 4.69) is 15.2 Å². The first-order valence-electron chi connectivity index (χ1n) is 9.72. The van der Waals surface area contributed by atoms with Crippen molar-refractivity contribution in [2.24, 2.45) is 12.8 Å². The summed E-state index contributed by atoms with van der Waals surface area (Å²) in [6, 6.07) is 8.17. The van der Waals surface area contributed by atoms with Crippen LogP contribution in [-0.2, 0) is 24.0 Å². The quantitative estimate of drug-likeness (QED) is 0.414. The molecule has 0 aliphatic carbocycles. The number of rotatable bonds is 7. The van der Waals surface area contributed by atoms with E-state index in [-0.39, 0.29) is 17.9 Å². The fourth-order valence-corrected chi connectivity index (χ4v) is 5.22. The van der Waals surface area contributed by atoms with Crippen molar-refractivity contribution in [3.05, 3.63) is 56.7 Å². The summed E-state index contributed by atoms with van der Waals surface area (Å²) in [4.78, 5) is 33.3.